The molecule has 1 fully saturated rings. The number of piperidine rings is 1. The molecule has 0 radical (unpaired) electrons. The number of aryl methyl sites for hydroxylation is 1. The number of H-pyrrole nitrogens is 1. The number of hydrogen-bond donors (Lipinski definition) is 2. The third-order valence-corrected chi connectivity index (χ3v) is 5.56. The molecule has 0 bridgehead atoms. The van der Waals surface area contributed by atoms with Gasteiger partial charge in [0, 0.05) is 35.1 Å². The quantitative estimate of drug-likeness (QED) is 0.560. The van der Waals surface area contributed by atoms with Gasteiger partial charge in [0.1, 0.15) is 5.82 Å². The van der Waals surface area contributed by atoms with Crippen molar-refractivity contribution in [2.75, 3.05) is 13.1 Å². The second-order valence-corrected chi connectivity index (χ2v) is 7.56. The van der Waals surface area contributed by atoms with E-state index >= 15 is 0 Å². The summed E-state index contributed by atoms with van der Waals surface area (Å²) in [5, 5.41) is 4.43. The minimum atomic E-state index is -0.225. The lowest BCUT2D eigenvalue weighted by atomic mass is 9.95. The van der Waals surface area contributed by atoms with Gasteiger partial charge in [-0.2, -0.15) is 0 Å². The van der Waals surface area contributed by atoms with E-state index in [2.05, 4.69) is 46.5 Å². The molecule has 0 aliphatic carbocycles. The molecule has 3 nitrogen and oxygen atoms in total. The average Bonchev–Trinajstić information content (AvgIpc) is 3.12. The van der Waals surface area contributed by atoms with Crippen LogP contribution in [0.1, 0.15) is 30.4 Å². The summed E-state index contributed by atoms with van der Waals surface area (Å²) in [7, 11) is 0. The van der Waals surface area contributed by atoms with Crippen molar-refractivity contribution in [1.29, 1.82) is 0 Å². The third-order valence-electron chi connectivity index (χ3n) is 5.56. The van der Waals surface area contributed by atoms with E-state index < -0.39 is 0 Å². The van der Waals surface area contributed by atoms with Gasteiger partial charge in [0.25, 0.3) is 0 Å². The molecule has 1 aromatic heterocycles. The molecule has 28 heavy (non-hydrogen) atoms. The monoisotopic (exact) mass is 375 g/mol. The van der Waals surface area contributed by atoms with Crippen molar-refractivity contribution in [2.45, 2.75) is 26.2 Å². The fraction of sp³-hybridized carbons (Fsp3) is 0.292. The summed E-state index contributed by atoms with van der Waals surface area (Å²) in [6.45, 7) is 4.37. The predicted molar refractivity (Wildman–Crippen MR) is 115 cm³/mol. The zero-order chi connectivity index (χ0) is 19.3. The maximum Gasteiger partial charge on any atom is 0.125 e. The van der Waals surface area contributed by atoms with Crippen LogP contribution in [-0.4, -0.2) is 24.3 Å². The largest absolute Gasteiger partial charge is 0.360 e. The van der Waals surface area contributed by atoms with E-state index in [0.717, 1.165) is 53.0 Å². The molecule has 0 atom stereocenters. The van der Waals surface area contributed by atoms with Crippen molar-refractivity contribution in [3.63, 3.8) is 0 Å². The van der Waals surface area contributed by atoms with Crippen molar-refractivity contribution in [1.82, 2.24) is 10.3 Å². The van der Waals surface area contributed by atoms with E-state index in [1.807, 2.05) is 24.7 Å². The standard InChI is InChI=1S/C24H26FN3/c1-17-13-19(23-16-28-24-14-21(25)6-7-22(23)24)4-5-20(17)15-27-10-2-3-18-8-11-26-12-9-18/h2,4-7,10,13-16,18,26,28H,3,8-9,11-12H2,1H3. The molecule has 1 aliphatic heterocycles. The first kappa shape index (κ1) is 18.6. The molecule has 4 rings (SSSR count). The molecule has 0 spiro atoms. The number of allylic oxidation sites excluding steroid dienone is 1. The number of halogens is 1. The van der Waals surface area contributed by atoms with Gasteiger partial charge in [0.15, 0.2) is 0 Å². The van der Waals surface area contributed by atoms with Crippen LogP contribution in [0.5, 0.6) is 0 Å². The van der Waals surface area contributed by atoms with Gasteiger partial charge >= 0.3 is 0 Å². The number of nitrogens with one attached hydrogen (secondary N) is 2. The molecular formula is C24H26FN3. The number of rotatable bonds is 5. The van der Waals surface area contributed by atoms with E-state index in [4.69, 9.17) is 0 Å². The van der Waals surface area contributed by atoms with Crippen LogP contribution < -0.4 is 5.32 Å². The summed E-state index contributed by atoms with van der Waals surface area (Å²) >= 11 is 0. The van der Waals surface area contributed by atoms with E-state index in [-0.39, 0.29) is 5.82 Å². The number of nitrogens with zero attached hydrogens (tertiary/aromatic N) is 1. The molecule has 1 saturated heterocycles. The Bertz CT molecular complexity index is 1010. The minimum Gasteiger partial charge on any atom is -0.360 e. The van der Waals surface area contributed by atoms with Gasteiger partial charge in [-0.05, 0) is 80.1 Å². The van der Waals surface area contributed by atoms with Crippen LogP contribution in [0.3, 0.4) is 0 Å². The van der Waals surface area contributed by atoms with Crippen LogP contribution in [0, 0.1) is 18.7 Å². The van der Waals surface area contributed by atoms with Crippen molar-refractivity contribution in [3.05, 3.63) is 71.8 Å². The number of aromatic amines is 1. The van der Waals surface area contributed by atoms with Gasteiger partial charge in [-0.15, -0.1) is 0 Å². The highest BCUT2D eigenvalue weighted by Crippen LogP contribution is 2.30. The fourth-order valence-corrected chi connectivity index (χ4v) is 3.88. The first-order valence-corrected chi connectivity index (χ1v) is 9.97. The van der Waals surface area contributed by atoms with Crippen LogP contribution in [0.4, 0.5) is 4.39 Å². The number of fused-ring (bicyclic) bond motifs is 1. The highest BCUT2D eigenvalue weighted by atomic mass is 19.1. The summed E-state index contributed by atoms with van der Waals surface area (Å²) in [4.78, 5) is 7.63. The molecular weight excluding hydrogens is 349 g/mol. The summed E-state index contributed by atoms with van der Waals surface area (Å²) in [6, 6.07) is 11.2. The Morgan fingerprint density at radius 3 is 2.82 bits per heavy atom. The highest BCUT2D eigenvalue weighted by Gasteiger charge is 2.10. The Kier molecular flexibility index (Phi) is 5.68. The van der Waals surface area contributed by atoms with Crippen LogP contribution >= 0.6 is 0 Å². The van der Waals surface area contributed by atoms with E-state index in [9.17, 15) is 4.39 Å². The second kappa shape index (κ2) is 8.53. The molecule has 0 saturated carbocycles. The van der Waals surface area contributed by atoms with Gasteiger partial charge < -0.3 is 10.3 Å². The lowest BCUT2D eigenvalue weighted by Gasteiger charge is -2.20. The third kappa shape index (κ3) is 4.23. The zero-order valence-electron chi connectivity index (χ0n) is 16.2. The molecule has 3 aromatic rings. The minimum absolute atomic E-state index is 0.225. The molecule has 4 heteroatoms. The number of aromatic nitrogens is 1. The number of benzene rings is 2. The molecule has 2 heterocycles. The first-order chi connectivity index (χ1) is 13.7. The molecule has 0 amide bonds. The molecule has 2 aromatic carbocycles. The van der Waals surface area contributed by atoms with Crippen molar-refractivity contribution < 1.29 is 4.39 Å². The van der Waals surface area contributed by atoms with Crippen molar-refractivity contribution >= 4 is 17.1 Å². The maximum absolute atomic E-state index is 13.4. The molecule has 1 aliphatic rings. The van der Waals surface area contributed by atoms with Crippen LogP contribution in [-0.2, 0) is 0 Å². The lowest BCUT2D eigenvalue weighted by molar-refractivity contribution is 0.377. The zero-order valence-corrected chi connectivity index (χ0v) is 16.2. The van der Waals surface area contributed by atoms with Crippen LogP contribution in [0.2, 0.25) is 0 Å². The molecule has 0 unspecified atom stereocenters. The Morgan fingerprint density at radius 2 is 2.00 bits per heavy atom. The number of hydrogen-bond acceptors (Lipinski definition) is 2. The van der Waals surface area contributed by atoms with E-state index in [0.29, 0.717) is 0 Å². The molecule has 2 N–H and O–H groups in total. The smallest absolute Gasteiger partial charge is 0.125 e. The summed E-state index contributed by atoms with van der Waals surface area (Å²) in [5.74, 6) is 0.565. The summed E-state index contributed by atoms with van der Waals surface area (Å²) < 4.78 is 13.4. The lowest BCUT2D eigenvalue weighted by Crippen LogP contribution is -2.27. The highest BCUT2D eigenvalue weighted by molar-refractivity contribution is 5.96. The SMILES string of the molecule is Cc1cc(-c2c[nH]c3cc(F)ccc23)ccc1C=NC=CCC1CCNCC1. The van der Waals surface area contributed by atoms with Gasteiger partial charge in [-0.25, -0.2) is 4.39 Å². The van der Waals surface area contributed by atoms with Crippen LogP contribution in [0.15, 0.2) is 59.9 Å². The predicted octanol–water partition coefficient (Wildman–Crippen LogP) is 5.60. The fourth-order valence-electron chi connectivity index (χ4n) is 3.88. The maximum atomic E-state index is 13.4. The Labute approximate surface area is 165 Å². The van der Waals surface area contributed by atoms with Crippen LogP contribution in [0.25, 0.3) is 22.0 Å². The van der Waals surface area contributed by atoms with E-state index in [1.54, 1.807) is 0 Å². The van der Waals surface area contributed by atoms with Gasteiger partial charge in [-0.3, -0.25) is 4.99 Å². The number of aliphatic imine (C=N–C) groups is 1. The van der Waals surface area contributed by atoms with Gasteiger partial charge in [0.2, 0.25) is 0 Å². The Morgan fingerprint density at radius 1 is 1.14 bits per heavy atom. The van der Waals surface area contributed by atoms with E-state index in [1.165, 1.54) is 30.5 Å². The average molecular weight is 375 g/mol. The van der Waals surface area contributed by atoms with Gasteiger partial charge in [0.05, 0.1) is 0 Å². The Balaban J connectivity index is 1.45. The van der Waals surface area contributed by atoms with Crippen molar-refractivity contribution in [2.24, 2.45) is 10.9 Å². The topological polar surface area (TPSA) is 40.2 Å². The summed E-state index contributed by atoms with van der Waals surface area (Å²) in [5.41, 5.74) is 5.31. The second-order valence-electron chi connectivity index (χ2n) is 7.56. The first-order valence-electron chi connectivity index (χ1n) is 9.97. The van der Waals surface area contributed by atoms with Crippen molar-refractivity contribution in [3.8, 4) is 11.1 Å². The Hall–Kier alpha value is -2.72. The molecule has 144 valence electrons. The normalized spacial score (nSPS) is 15.9. The summed E-state index contributed by atoms with van der Waals surface area (Å²) in [6.07, 6.45) is 11.6. The van der Waals surface area contributed by atoms with Gasteiger partial charge in [-0.1, -0.05) is 24.3 Å².